The van der Waals surface area contributed by atoms with E-state index in [9.17, 15) is 4.79 Å². The van der Waals surface area contributed by atoms with Crippen molar-refractivity contribution in [2.24, 2.45) is 0 Å². The molecule has 0 saturated heterocycles. The van der Waals surface area contributed by atoms with Crippen LogP contribution in [0.1, 0.15) is 32.6 Å². The Labute approximate surface area is 56.8 Å². The van der Waals surface area contributed by atoms with E-state index in [1.807, 2.05) is 0 Å². The zero-order valence-corrected chi connectivity index (χ0v) is 6.02. The van der Waals surface area contributed by atoms with Crippen LogP contribution in [0.4, 0.5) is 0 Å². The SMILES string of the molecule is C=C(CC=O)CCCC. The highest BCUT2D eigenvalue weighted by atomic mass is 16.1. The molecule has 0 rings (SSSR count). The maximum absolute atomic E-state index is 9.92. The molecule has 0 atom stereocenters. The second-order valence-corrected chi connectivity index (χ2v) is 2.22. The van der Waals surface area contributed by atoms with Gasteiger partial charge in [0.05, 0.1) is 0 Å². The van der Waals surface area contributed by atoms with Crippen LogP contribution in [0.3, 0.4) is 0 Å². The summed E-state index contributed by atoms with van der Waals surface area (Å²) in [5.41, 5.74) is 1.06. The van der Waals surface area contributed by atoms with Crippen LogP contribution in [-0.4, -0.2) is 6.29 Å². The summed E-state index contributed by atoms with van der Waals surface area (Å²) < 4.78 is 0. The van der Waals surface area contributed by atoms with Gasteiger partial charge in [-0.25, -0.2) is 0 Å². The minimum atomic E-state index is 0.542. The highest BCUT2D eigenvalue weighted by Crippen LogP contribution is 2.06. The van der Waals surface area contributed by atoms with Crippen molar-refractivity contribution in [2.45, 2.75) is 32.6 Å². The molecule has 0 spiro atoms. The molecule has 0 aromatic rings. The van der Waals surface area contributed by atoms with Crippen molar-refractivity contribution < 1.29 is 4.79 Å². The molecule has 0 fully saturated rings. The normalized spacial score (nSPS) is 9.00. The van der Waals surface area contributed by atoms with Crippen molar-refractivity contribution in [3.63, 3.8) is 0 Å². The average Bonchev–Trinajstić information content (AvgIpc) is 1.85. The van der Waals surface area contributed by atoms with Crippen LogP contribution in [0.15, 0.2) is 12.2 Å². The third kappa shape index (κ3) is 5.28. The van der Waals surface area contributed by atoms with Gasteiger partial charge in [-0.05, 0) is 12.8 Å². The predicted octanol–water partition coefficient (Wildman–Crippen LogP) is 2.32. The molecule has 0 aromatic heterocycles. The Morgan fingerprint density at radius 2 is 2.33 bits per heavy atom. The molecular weight excluding hydrogens is 112 g/mol. The minimum absolute atomic E-state index is 0.542. The molecule has 0 radical (unpaired) electrons. The number of aldehydes is 1. The standard InChI is InChI=1S/C8H14O/c1-3-4-5-8(2)6-7-9/h7H,2-6H2,1H3. The maximum Gasteiger partial charge on any atom is 0.124 e. The number of hydrogen-bond acceptors (Lipinski definition) is 1. The smallest absolute Gasteiger partial charge is 0.124 e. The van der Waals surface area contributed by atoms with Gasteiger partial charge in [-0.2, -0.15) is 0 Å². The first-order valence-corrected chi connectivity index (χ1v) is 3.41. The number of carbonyl (C=O) groups excluding carboxylic acids is 1. The van der Waals surface area contributed by atoms with E-state index in [1.165, 1.54) is 6.42 Å². The van der Waals surface area contributed by atoms with E-state index in [-0.39, 0.29) is 0 Å². The summed E-state index contributed by atoms with van der Waals surface area (Å²) in [6.45, 7) is 5.88. The van der Waals surface area contributed by atoms with Crippen LogP contribution in [0, 0.1) is 0 Å². The highest BCUT2D eigenvalue weighted by molar-refractivity contribution is 5.53. The molecule has 0 aliphatic rings. The molecule has 0 aliphatic heterocycles. The van der Waals surface area contributed by atoms with E-state index in [4.69, 9.17) is 0 Å². The molecule has 52 valence electrons. The molecule has 0 amide bonds. The molecule has 0 N–H and O–H groups in total. The predicted molar refractivity (Wildman–Crippen MR) is 39.3 cm³/mol. The van der Waals surface area contributed by atoms with Crippen molar-refractivity contribution in [2.75, 3.05) is 0 Å². The number of hydrogen-bond donors (Lipinski definition) is 0. The number of unbranched alkanes of at least 4 members (excludes halogenated alkanes) is 1. The summed E-state index contributed by atoms with van der Waals surface area (Å²) in [7, 11) is 0. The van der Waals surface area contributed by atoms with Gasteiger partial charge in [-0.1, -0.05) is 25.5 Å². The zero-order valence-electron chi connectivity index (χ0n) is 6.02. The Morgan fingerprint density at radius 1 is 1.67 bits per heavy atom. The topological polar surface area (TPSA) is 17.1 Å². The maximum atomic E-state index is 9.92. The lowest BCUT2D eigenvalue weighted by atomic mass is 10.1. The van der Waals surface area contributed by atoms with Crippen molar-refractivity contribution in [3.8, 4) is 0 Å². The lowest BCUT2D eigenvalue weighted by Gasteiger charge is -1.96. The second kappa shape index (κ2) is 5.54. The van der Waals surface area contributed by atoms with Gasteiger partial charge >= 0.3 is 0 Å². The van der Waals surface area contributed by atoms with E-state index in [0.29, 0.717) is 6.42 Å². The van der Waals surface area contributed by atoms with Crippen LogP contribution in [0.2, 0.25) is 0 Å². The summed E-state index contributed by atoms with van der Waals surface area (Å²) in [5, 5.41) is 0. The zero-order chi connectivity index (χ0) is 7.11. The van der Waals surface area contributed by atoms with E-state index >= 15 is 0 Å². The van der Waals surface area contributed by atoms with Gasteiger partial charge in [0.15, 0.2) is 0 Å². The van der Waals surface area contributed by atoms with Crippen molar-refractivity contribution in [3.05, 3.63) is 12.2 Å². The Kier molecular flexibility index (Phi) is 5.18. The molecule has 1 heteroatoms. The van der Waals surface area contributed by atoms with Crippen molar-refractivity contribution >= 4 is 6.29 Å². The second-order valence-electron chi connectivity index (χ2n) is 2.22. The summed E-state index contributed by atoms with van der Waals surface area (Å²) in [5.74, 6) is 0. The fourth-order valence-corrected chi connectivity index (χ4v) is 0.647. The van der Waals surface area contributed by atoms with Gasteiger partial charge in [-0.3, -0.25) is 0 Å². The fourth-order valence-electron chi connectivity index (χ4n) is 0.647. The summed E-state index contributed by atoms with van der Waals surface area (Å²) in [6, 6.07) is 0. The van der Waals surface area contributed by atoms with Crippen molar-refractivity contribution in [1.29, 1.82) is 0 Å². The number of allylic oxidation sites excluding steroid dienone is 1. The Balaban J connectivity index is 3.16. The summed E-state index contributed by atoms with van der Waals surface area (Å²) >= 11 is 0. The number of rotatable bonds is 5. The first kappa shape index (κ1) is 8.41. The summed E-state index contributed by atoms with van der Waals surface area (Å²) in [4.78, 5) is 9.92. The molecule has 9 heavy (non-hydrogen) atoms. The van der Waals surface area contributed by atoms with Crippen LogP contribution < -0.4 is 0 Å². The molecule has 0 saturated carbocycles. The van der Waals surface area contributed by atoms with Crippen LogP contribution in [-0.2, 0) is 4.79 Å². The molecular formula is C8H14O. The molecule has 0 aliphatic carbocycles. The van der Waals surface area contributed by atoms with Gasteiger partial charge in [0.1, 0.15) is 6.29 Å². The van der Waals surface area contributed by atoms with Gasteiger partial charge in [-0.15, -0.1) is 0 Å². The molecule has 1 nitrogen and oxygen atoms in total. The van der Waals surface area contributed by atoms with Crippen LogP contribution >= 0.6 is 0 Å². The average molecular weight is 126 g/mol. The highest BCUT2D eigenvalue weighted by Gasteiger charge is 1.90. The monoisotopic (exact) mass is 126 g/mol. The summed E-state index contributed by atoms with van der Waals surface area (Å²) in [6.07, 6.45) is 4.80. The largest absolute Gasteiger partial charge is 0.303 e. The lowest BCUT2D eigenvalue weighted by Crippen LogP contribution is -1.82. The Hall–Kier alpha value is -0.590. The third-order valence-electron chi connectivity index (χ3n) is 1.26. The third-order valence-corrected chi connectivity index (χ3v) is 1.26. The molecule has 0 aromatic carbocycles. The first-order valence-electron chi connectivity index (χ1n) is 3.41. The van der Waals surface area contributed by atoms with E-state index < -0.39 is 0 Å². The number of carbonyl (C=O) groups is 1. The van der Waals surface area contributed by atoms with E-state index in [0.717, 1.165) is 24.7 Å². The van der Waals surface area contributed by atoms with E-state index in [2.05, 4.69) is 13.5 Å². The lowest BCUT2D eigenvalue weighted by molar-refractivity contribution is -0.107. The fraction of sp³-hybridized carbons (Fsp3) is 0.625. The Bertz CT molecular complexity index is 94.7. The Morgan fingerprint density at radius 3 is 2.78 bits per heavy atom. The first-order chi connectivity index (χ1) is 4.31. The van der Waals surface area contributed by atoms with Gasteiger partial charge in [0, 0.05) is 6.42 Å². The molecule has 0 unspecified atom stereocenters. The van der Waals surface area contributed by atoms with Gasteiger partial charge in [0.25, 0.3) is 0 Å². The minimum Gasteiger partial charge on any atom is -0.303 e. The van der Waals surface area contributed by atoms with Crippen LogP contribution in [0.5, 0.6) is 0 Å². The molecule has 0 heterocycles. The van der Waals surface area contributed by atoms with Crippen molar-refractivity contribution in [1.82, 2.24) is 0 Å². The molecule has 0 bridgehead atoms. The van der Waals surface area contributed by atoms with E-state index in [1.54, 1.807) is 0 Å². The van der Waals surface area contributed by atoms with Crippen LogP contribution in [0.25, 0.3) is 0 Å². The quantitative estimate of drug-likeness (QED) is 0.408. The van der Waals surface area contributed by atoms with Gasteiger partial charge in [0.2, 0.25) is 0 Å². The van der Waals surface area contributed by atoms with Gasteiger partial charge < -0.3 is 4.79 Å².